The lowest BCUT2D eigenvalue weighted by atomic mass is 10.1. The average Bonchev–Trinajstić information content (AvgIpc) is 2.70. The molecule has 0 amide bonds. The lowest BCUT2D eigenvalue weighted by molar-refractivity contribution is -0.137. The Labute approximate surface area is 178 Å². The van der Waals surface area contributed by atoms with E-state index in [1.807, 2.05) is 12.1 Å². The van der Waals surface area contributed by atoms with Crippen LogP contribution in [0.3, 0.4) is 0 Å². The van der Waals surface area contributed by atoms with Crippen molar-refractivity contribution in [3.05, 3.63) is 70.9 Å². The van der Waals surface area contributed by atoms with Gasteiger partial charge < -0.3 is 10.6 Å². The molecular formula is C22H22ClF3N4. The van der Waals surface area contributed by atoms with E-state index in [0.29, 0.717) is 16.4 Å². The van der Waals surface area contributed by atoms with Gasteiger partial charge in [0.05, 0.1) is 0 Å². The van der Waals surface area contributed by atoms with E-state index in [1.165, 1.54) is 0 Å². The second-order valence-electron chi connectivity index (χ2n) is 6.86. The van der Waals surface area contributed by atoms with E-state index in [4.69, 9.17) is 11.6 Å². The summed E-state index contributed by atoms with van der Waals surface area (Å²) < 4.78 is 40.3. The fraction of sp³-hybridized carbons (Fsp3) is 0.273. The molecular weight excluding hydrogens is 413 g/mol. The molecule has 0 aliphatic heterocycles. The summed E-state index contributed by atoms with van der Waals surface area (Å²) in [6, 6.07) is 14.1. The lowest BCUT2D eigenvalue weighted by Gasteiger charge is -2.15. The maximum Gasteiger partial charge on any atom is 0.421 e. The highest BCUT2D eigenvalue weighted by molar-refractivity contribution is 6.30. The Hall–Kier alpha value is -2.80. The van der Waals surface area contributed by atoms with Crippen molar-refractivity contribution in [3.63, 3.8) is 0 Å². The van der Waals surface area contributed by atoms with E-state index in [-0.39, 0.29) is 11.8 Å². The molecule has 4 nitrogen and oxygen atoms in total. The third-order valence-electron chi connectivity index (χ3n) is 4.48. The maximum atomic E-state index is 13.4. The summed E-state index contributed by atoms with van der Waals surface area (Å²) in [6.45, 7) is 2.14. The number of hydrogen-bond acceptors (Lipinski definition) is 4. The van der Waals surface area contributed by atoms with Gasteiger partial charge in [0, 0.05) is 22.6 Å². The number of aromatic nitrogens is 2. The largest absolute Gasteiger partial charge is 0.421 e. The molecule has 0 radical (unpaired) electrons. The molecule has 0 unspecified atom stereocenters. The summed E-state index contributed by atoms with van der Waals surface area (Å²) >= 11 is 5.85. The van der Waals surface area contributed by atoms with Crippen LogP contribution in [0.2, 0.25) is 5.02 Å². The minimum atomic E-state index is -4.58. The number of alkyl halides is 3. The van der Waals surface area contributed by atoms with Crippen molar-refractivity contribution in [2.75, 3.05) is 10.6 Å². The molecule has 2 aromatic carbocycles. The van der Waals surface area contributed by atoms with Crippen molar-refractivity contribution in [3.8, 4) is 0 Å². The zero-order valence-electron chi connectivity index (χ0n) is 16.4. The Morgan fingerprint density at radius 3 is 2.17 bits per heavy atom. The second kappa shape index (κ2) is 9.80. The first-order valence-corrected chi connectivity index (χ1v) is 10.1. The summed E-state index contributed by atoms with van der Waals surface area (Å²) in [7, 11) is 0. The summed E-state index contributed by atoms with van der Waals surface area (Å²) in [6.07, 6.45) is 0.519. The molecule has 3 aromatic rings. The van der Waals surface area contributed by atoms with Crippen LogP contribution in [0.4, 0.5) is 36.3 Å². The molecule has 2 N–H and O–H groups in total. The molecule has 0 spiro atoms. The second-order valence-corrected chi connectivity index (χ2v) is 7.30. The Morgan fingerprint density at radius 1 is 0.900 bits per heavy atom. The molecule has 1 heterocycles. The third kappa shape index (κ3) is 6.10. The first kappa shape index (κ1) is 21.9. The van der Waals surface area contributed by atoms with Crippen LogP contribution < -0.4 is 10.6 Å². The van der Waals surface area contributed by atoms with Gasteiger partial charge in [0.15, 0.2) is 0 Å². The average molecular weight is 435 g/mol. The Bertz CT molecular complexity index is 958. The van der Waals surface area contributed by atoms with Crippen LogP contribution in [0.5, 0.6) is 0 Å². The smallest absolute Gasteiger partial charge is 0.340 e. The summed E-state index contributed by atoms with van der Waals surface area (Å²) in [4.78, 5) is 7.85. The number of anilines is 4. The van der Waals surface area contributed by atoms with E-state index in [0.717, 1.165) is 37.4 Å². The van der Waals surface area contributed by atoms with Gasteiger partial charge in [-0.2, -0.15) is 18.2 Å². The third-order valence-corrected chi connectivity index (χ3v) is 4.73. The van der Waals surface area contributed by atoms with Gasteiger partial charge in [0.25, 0.3) is 0 Å². The molecule has 0 saturated carbocycles. The van der Waals surface area contributed by atoms with E-state index in [1.54, 1.807) is 36.4 Å². The zero-order valence-corrected chi connectivity index (χ0v) is 17.2. The number of rotatable bonds is 8. The lowest BCUT2D eigenvalue weighted by Crippen LogP contribution is -2.12. The topological polar surface area (TPSA) is 49.8 Å². The predicted octanol–water partition coefficient (Wildman–Crippen LogP) is 7.37. The molecule has 30 heavy (non-hydrogen) atoms. The highest BCUT2D eigenvalue weighted by Crippen LogP contribution is 2.35. The predicted molar refractivity (Wildman–Crippen MR) is 115 cm³/mol. The van der Waals surface area contributed by atoms with E-state index in [2.05, 4.69) is 27.5 Å². The van der Waals surface area contributed by atoms with Crippen molar-refractivity contribution < 1.29 is 13.2 Å². The van der Waals surface area contributed by atoms with Gasteiger partial charge >= 0.3 is 6.18 Å². The first-order chi connectivity index (χ1) is 14.3. The fourth-order valence-corrected chi connectivity index (χ4v) is 3.00. The van der Waals surface area contributed by atoms with E-state index < -0.39 is 11.7 Å². The van der Waals surface area contributed by atoms with Gasteiger partial charge in [-0.05, 0) is 54.8 Å². The number of nitrogens with one attached hydrogen (secondary N) is 2. The number of halogens is 4. The fourth-order valence-electron chi connectivity index (χ4n) is 2.88. The van der Waals surface area contributed by atoms with Gasteiger partial charge in [0.1, 0.15) is 11.4 Å². The van der Waals surface area contributed by atoms with Crippen LogP contribution in [0.1, 0.15) is 37.3 Å². The molecule has 0 aliphatic rings. The monoisotopic (exact) mass is 434 g/mol. The number of benzene rings is 2. The highest BCUT2D eigenvalue weighted by atomic mass is 35.5. The number of aryl methyl sites for hydroxylation is 1. The van der Waals surface area contributed by atoms with Crippen molar-refractivity contribution >= 4 is 34.7 Å². The molecule has 0 fully saturated rings. The molecule has 8 heteroatoms. The Morgan fingerprint density at radius 2 is 1.53 bits per heavy atom. The Balaban J connectivity index is 1.81. The molecule has 0 atom stereocenters. The van der Waals surface area contributed by atoms with Gasteiger partial charge in [-0.1, -0.05) is 43.5 Å². The maximum absolute atomic E-state index is 13.4. The zero-order chi connectivity index (χ0) is 21.6. The number of hydrogen-bond donors (Lipinski definition) is 2. The molecule has 0 aliphatic carbocycles. The number of unbranched alkanes of at least 4 members (excludes halogenated alkanes) is 2. The van der Waals surface area contributed by atoms with Crippen molar-refractivity contribution in [2.45, 2.75) is 38.8 Å². The number of nitrogens with zero attached hydrogens (tertiary/aromatic N) is 2. The van der Waals surface area contributed by atoms with E-state index >= 15 is 0 Å². The van der Waals surface area contributed by atoms with Crippen LogP contribution in [0.15, 0.2) is 54.7 Å². The minimum Gasteiger partial charge on any atom is -0.340 e. The summed E-state index contributed by atoms with van der Waals surface area (Å²) in [5.41, 5.74) is 1.35. The molecule has 3 rings (SSSR count). The molecule has 1 aromatic heterocycles. The van der Waals surface area contributed by atoms with Crippen LogP contribution >= 0.6 is 11.6 Å². The summed E-state index contributed by atoms with van der Waals surface area (Å²) in [5.74, 6) is -0.267. The minimum absolute atomic E-state index is 0.0454. The normalized spacial score (nSPS) is 11.4. The first-order valence-electron chi connectivity index (χ1n) is 9.68. The highest BCUT2D eigenvalue weighted by Gasteiger charge is 2.35. The standard InChI is InChI=1S/C22H22ClF3N4/c1-2-3-4-5-15-6-10-17(11-7-15)28-20-19(22(24,25)26)14-27-21(30-20)29-18-12-8-16(23)9-13-18/h6-14H,2-5H2,1H3,(H2,27,28,29,30). The molecule has 0 saturated heterocycles. The van der Waals surface area contributed by atoms with Gasteiger partial charge in [0.2, 0.25) is 5.95 Å². The van der Waals surface area contributed by atoms with Crippen molar-refractivity contribution in [1.29, 1.82) is 0 Å². The SMILES string of the molecule is CCCCCc1ccc(Nc2nc(Nc3ccc(Cl)cc3)ncc2C(F)(F)F)cc1. The Kier molecular flexibility index (Phi) is 7.15. The van der Waals surface area contributed by atoms with Crippen LogP contribution in [0.25, 0.3) is 0 Å². The molecule has 0 bridgehead atoms. The van der Waals surface area contributed by atoms with Gasteiger partial charge in [-0.15, -0.1) is 0 Å². The van der Waals surface area contributed by atoms with E-state index in [9.17, 15) is 13.2 Å². The van der Waals surface area contributed by atoms with Crippen LogP contribution in [-0.2, 0) is 12.6 Å². The van der Waals surface area contributed by atoms with Crippen LogP contribution in [-0.4, -0.2) is 9.97 Å². The van der Waals surface area contributed by atoms with Crippen LogP contribution in [0, 0.1) is 0 Å². The van der Waals surface area contributed by atoms with Gasteiger partial charge in [-0.25, -0.2) is 4.98 Å². The molecule has 158 valence electrons. The quantitative estimate of drug-likeness (QED) is 0.363. The van der Waals surface area contributed by atoms with Crippen molar-refractivity contribution in [1.82, 2.24) is 9.97 Å². The van der Waals surface area contributed by atoms with Crippen molar-refractivity contribution in [2.24, 2.45) is 0 Å². The van der Waals surface area contributed by atoms with Gasteiger partial charge in [-0.3, -0.25) is 0 Å². The summed E-state index contributed by atoms with van der Waals surface area (Å²) in [5, 5.41) is 6.21.